The fraction of sp³-hybridized carbons (Fsp3) is 0.526. The summed E-state index contributed by atoms with van der Waals surface area (Å²) >= 11 is 5.22. The van der Waals surface area contributed by atoms with Crippen LogP contribution in [0.4, 0.5) is 5.69 Å². The van der Waals surface area contributed by atoms with Crippen LogP contribution in [0.2, 0.25) is 0 Å². The van der Waals surface area contributed by atoms with E-state index in [2.05, 4.69) is 35.2 Å². The average Bonchev–Trinajstić information content (AvgIpc) is 2.65. The number of nitrogens with one attached hydrogen (secondary N) is 3. The molecule has 3 N–H and O–H groups in total. The second kappa shape index (κ2) is 10.1. The van der Waals surface area contributed by atoms with Crippen LogP contribution in [0.3, 0.4) is 0 Å². The molecule has 0 bridgehead atoms. The summed E-state index contributed by atoms with van der Waals surface area (Å²) in [7, 11) is 0. The normalized spacial score (nSPS) is 16.7. The lowest BCUT2D eigenvalue weighted by Gasteiger charge is -2.31. The zero-order chi connectivity index (χ0) is 18.9. The Hall–Kier alpha value is -2.15. The highest BCUT2D eigenvalue weighted by Gasteiger charge is 2.26. The molecule has 1 fully saturated rings. The van der Waals surface area contributed by atoms with Crippen molar-refractivity contribution in [2.45, 2.75) is 46.0 Å². The van der Waals surface area contributed by atoms with Gasteiger partial charge in [-0.15, -0.1) is 0 Å². The zero-order valence-electron chi connectivity index (χ0n) is 15.5. The van der Waals surface area contributed by atoms with Crippen LogP contribution in [0.25, 0.3) is 0 Å². The number of amides is 2. The lowest BCUT2D eigenvalue weighted by atomic mass is 9.97. The first-order valence-electron chi connectivity index (χ1n) is 9.21. The van der Waals surface area contributed by atoms with Gasteiger partial charge in [-0.1, -0.05) is 25.5 Å². The molecule has 0 aromatic heterocycles. The number of carbonyl (C=O) groups excluding carboxylic acids is 2. The number of benzene rings is 1. The van der Waals surface area contributed by atoms with Gasteiger partial charge in [-0.3, -0.25) is 20.4 Å². The van der Waals surface area contributed by atoms with E-state index in [0.29, 0.717) is 11.7 Å². The first-order valence-corrected chi connectivity index (χ1v) is 9.61. The topological polar surface area (TPSA) is 73.5 Å². The van der Waals surface area contributed by atoms with Gasteiger partial charge in [0, 0.05) is 25.7 Å². The van der Waals surface area contributed by atoms with E-state index in [1.807, 2.05) is 12.1 Å². The monoisotopic (exact) mass is 376 g/mol. The Bertz CT molecular complexity index is 633. The second-order valence-corrected chi connectivity index (χ2v) is 7.08. The van der Waals surface area contributed by atoms with Crippen LogP contribution >= 0.6 is 12.2 Å². The molecule has 1 aliphatic heterocycles. The van der Waals surface area contributed by atoms with Gasteiger partial charge in [0.25, 0.3) is 0 Å². The molecule has 0 unspecified atom stereocenters. The van der Waals surface area contributed by atoms with Crippen LogP contribution in [0.15, 0.2) is 24.3 Å². The highest BCUT2D eigenvalue weighted by atomic mass is 32.1. The van der Waals surface area contributed by atoms with E-state index in [4.69, 9.17) is 12.2 Å². The van der Waals surface area contributed by atoms with Crippen LogP contribution in [0, 0.1) is 5.92 Å². The molecule has 1 aromatic rings. The van der Waals surface area contributed by atoms with Gasteiger partial charge in [-0.25, -0.2) is 0 Å². The van der Waals surface area contributed by atoms with Gasteiger partial charge >= 0.3 is 0 Å². The molecule has 142 valence electrons. The molecule has 7 heteroatoms. The minimum atomic E-state index is -0.208. The summed E-state index contributed by atoms with van der Waals surface area (Å²) in [5.74, 6) is -0.342. The number of nitrogens with zero attached hydrogens (tertiary/aromatic N) is 1. The molecular formula is C19H28N4O2S. The molecule has 26 heavy (non-hydrogen) atoms. The summed E-state index contributed by atoms with van der Waals surface area (Å²) in [6.45, 7) is 4.90. The quantitative estimate of drug-likeness (QED) is 0.544. The fourth-order valence-corrected chi connectivity index (χ4v) is 3.16. The standard InChI is InChI=1S/C19H28N4O2S/c1-3-4-6-15-8-10-17(11-9-15)20-19(26)22-21-18(25)16-7-5-12-23(13-16)14(2)24/h8-11,16H,3-7,12-13H2,1-2H3,(H,21,25)(H2,20,22,26)/t16-/m0/s1. The van der Waals surface area contributed by atoms with E-state index < -0.39 is 0 Å². The van der Waals surface area contributed by atoms with Crippen LogP contribution in [-0.4, -0.2) is 34.9 Å². The molecule has 1 aliphatic rings. The first kappa shape index (κ1) is 20.2. The lowest BCUT2D eigenvalue weighted by molar-refractivity contribution is -0.134. The van der Waals surface area contributed by atoms with E-state index >= 15 is 0 Å². The molecule has 0 radical (unpaired) electrons. The maximum atomic E-state index is 12.3. The minimum Gasteiger partial charge on any atom is -0.342 e. The van der Waals surface area contributed by atoms with Crippen molar-refractivity contribution in [1.29, 1.82) is 0 Å². The van der Waals surface area contributed by atoms with Crippen molar-refractivity contribution in [3.63, 3.8) is 0 Å². The Labute approximate surface area is 160 Å². The van der Waals surface area contributed by atoms with Crippen LogP contribution in [0.1, 0.15) is 45.1 Å². The predicted molar refractivity (Wildman–Crippen MR) is 108 cm³/mol. The van der Waals surface area contributed by atoms with Gasteiger partial charge in [0.15, 0.2) is 5.11 Å². The number of thiocarbonyl (C=S) groups is 1. The van der Waals surface area contributed by atoms with Crippen LogP contribution in [-0.2, 0) is 16.0 Å². The second-order valence-electron chi connectivity index (χ2n) is 6.67. The van der Waals surface area contributed by atoms with Gasteiger partial charge in [0.2, 0.25) is 11.8 Å². The van der Waals surface area contributed by atoms with Gasteiger partial charge in [-0.05, 0) is 55.6 Å². The molecule has 0 saturated carbocycles. The third-order valence-electron chi connectivity index (χ3n) is 4.57. The fourth-order valence-electron chi connectivity index (χ4n) is 3.00. The molecule has 1 atom stereocenters. The van der Waals surface area contributed by atoms with Crippen molar-refractivity contribution in [3.8, 4) is 0 Å². The Morgan fingerprint density at radius 2 is 1.96 bits per heavy atom. The summed E-state index contributed by atoms with van der Waals surface area (Å²) in [6, 6.07) is 8.12. The lowest BCUT2D eigenvalue weighted by Crippen LogP contribution is -2.50. The van der Waals surface area contributed by atoms with Crippen LogP contribution < -0.4 is 16.2 Å². The highest BCUT2D eigenvalue weighted by molar-refractivity contribution is 7.80. The number of piperidine rings is 1. The number of carbonyl (C=O) groups is 2. The third-order valence-corrected chi connectivity index (χ3v) is 4.77. The number of hydrogen-bond donors (Lipinski definition) is 3. The number of anilines is 1. The summed E-state index contributed by atoms with van der Waals surface area (Å²) in [4.78, 5) is 25.4. The van der Waals surface area contributed by atoms with Crippen molar-refractivity contribution in [1.82, 2.24) is 15.8 Å². The van der Waals surface area contributed by atoms with Gasteiger partial charge in [0.1, 0.15) is 0 Å². The molecule has 1 heterocycles. The predicted octanol–water partition coefficient (Wildman–Crippen LogP) is 2.61. The molecule has 6 nitrogen and oxygen atoms in total. The number of hydrazine groups is 1. The summed E-state index contributed by atoms with van der Waals surface area (Å²) < 4.78 is 0. The van der Waals surface area contributed by atoms with E-state index in [1.165, 1.54) is 25.3 Å². The largest absolute Gasteiger partial charge is 0.342 e. The van der Waals surface area contributed by atoms with Crippen molar-refractivity contribution in [2.24, 2.45) is 5.92 Å². The molecular weight excluding hydrogens is 348 g/mol. The van der Waals surface area contributed by atoms with Crippen LogP contribution in [0.5, 0.6) is 0 Å². The van der Waals surface area contributed by atoms with Crippen molar-refractivity contribution < 1.29 is 9.59 Å². The third kappa shape index (κ3) is 6.29. The summed E-state index contributed by atoms with van der Waals surface area (Å²) in [5, 5.41) is 3.38. The average molecular weight is 377 g/mol. The van der Waals surface area contributed by atoms with Gasteiger partial charge < -0.3 is 10.2 Å². The first-order chi connectivity index (χ1) is 12.5. The Balaban J connectivity index is 1.75. The zero-order valence-corrected chi connectivity index (χ0v) is 16.3. The molecule has 0 spiro atoms. The van der Waals surface area contributed by atoms with E-state index in [9.17, 15) is 9.59 Å². The number of likely N-dealkylation sites (tertiary alicyclic amines) is 1. The van der Waals surface area contributed by atoms with Gasteiger partial charge in [-0.2, -0.15) is 0 Å². The molecule has 1 aromatic carbocycles. The number of aryl methyl sites for hydroxylation is 1. The molecule has 2 rings (SSSR count). The molecule has 0 aliphatic carbocycles. The maximum Gasteiger partial charge on any atom is 0.243 e. The Morgan fingerprint density at radius 1 is 1.23 bits per heavy atom. The highest BCUT2D eigenvalue weighted by Crippen LogP contribution is 2.16. The SMILES string of the molecule is CCCCc1ccc(NC(=S)NNC(=O)[C@H]2CCCN(C(C)=O)C2)cc1. The molecule has 1 saturated heterocycles. The summed E-state index contributed by atoms with van der Waals surface area (Å²) in [5.41, 5.74) is 7.55. The Kier molecular flexibility index (Phi) is 7.84. The summed E-state index contributed by atoms with van der Waals surface area (Å²) in [6.07, 6.45) is 5.05. The number of unbranched alkanes of at least 4 members (excludes halogenated alkanes) is 1. The minimum absolute atomic E-state index is 0.00929. The molecule has 2 amide bonds. The number of hydrogen-bond acceptors (Lipinski definition) is 3. The van der Waals surface area contributed by atoms with Gasteiger partial charge in [0.05, 0.1) is 5.92 Å². The van der Waals surface area contributed by atoms with E-state index in [1.54, 1.807) is 4.90 Å². The van der Waals surface area contributed by atoms with E-state index in [-0.39, 0.29) is 17.7 Å². The smallest absolute Gasteiger partial charge is 0.243 e. The van der Waals surface area contributed by atoms with E-state index in [0.717, 1.165) is 31.5 Å². The van der Waals surface area contributed by atoms with Crippen molar-refractivity contribution >= 4 is 34.8 Å². The van der Waals surface area contributed by atoms with Crippen molar-refractivity contribution in [3.05, 3.63) is 29.8 Å². The number of rotatable bonds is 5. The Morgan fingerprint density at radius 3 is 2.62 bits per heavy atom. The van der Waals surface area contributed by atoms with Crippen molar-refractivity contribution in [2.75, 3.05) is 18.4 Å². The maximum absolute atomic E-state index is 12.3.